The van der Waals surface area contributed by atoms with Gasteiger partial charge in [0.05, 0.1) is 17.4 Å². The molecule has 2 saturated carbocycles. The summed E-state index contributed by atoms with van der Waals surface area (Å²) >= 11 is 0. The van der Waals surface area contributed by atoms with E-state index in [0.29, 0.717) is 41.2 Å². The van der Waals surface area contributed by atoms with Gasteiger partial charge in [-0.3, -0.25) is 9.58 Å². The smallest absolute Gasteiger partial charge is 0.383 e. The number of nitrogens with zero attached hydrogens (tertiary/aromatic N) is 4. The predicted molar refractivity (Wildman–Crippen MR) is 120 cm³/mol. The molecular weight excluding hydrogens is 431 g/mol. The van der Waals surface area contributed by atoms with Crippen LogP contribution in [-0.4, -0.2) is 52.0 Å². The minimum Gasteiger partial charge on any atom is -0.383 e. The first-order valence-corrected chi connectivity index (χ1v) is 11.9. The van der Waals surface area contributed by atoms with E-state index in [4.69, 9.17) is 15.6 Å². The van der Waals surface area contributed by atoms with Crippen LogP contribution < -0.4 is 5.73 Å². The first kappa shape index (κ1) is 22.7. The van der Waals surface area contributed by atoms with Crippen LogP contribution in [0.25, 0.3) is 11.3 Å². The number of nitrogens with two attached hydrogens (primary N) is 1. The van der Waals surface area contributed by atoms with Crippen molar-refractivity contribution in [2.75, 3.05) is 25.9 Å². The molecule has 180 valence electrons. The minimum absolute atomic E-state index is 0.177. The topological polar surface area (TPSA) is 69.2 Å². The summed E-state index contributed by atoms with van der Waals surface area (Å²) in [5.41, 5.74) is 6.62. The lowest BCUT2D eigenvalue weighted by molar-refractivity contribution is -0.137. The first-order chi connectivity index (χ1) is 15.7. The zero-order chi connectivity index (χ0) is 23.5. The summed E-state index contributed by atoms with van der Waals surface area (Å²) in [7, 11) is 1.79. The molecule has 2 N–H and O–H groups in total. The molecule has 2 unspecified atom stereocenters. The molecule has 3 fully saturated rings. The lowest BCUT2D eigenvalue weighted by Gasteiger charge is -2.26. The number of hydrogen-bond donors (Lipinski definition) is 1. The maximum absolute atomic E-state index is 13.4. The molecule has 3 aliphatic rings. The molecule has 2 aliphatic carbocycles. The second kappa shape index (κ2) is 8.27. The summed E-state index contributed by atoms with van der Waals surface area (Å²) in [6.45, 7) is 6.34. The number of alkyl halides is 3. The Bertz CT molecular complexity index is 1010. The molecule has 0 radical (unpaired) electrons. The number of ether oxygens (including phenoxy) is 1. The molecule has 1 aliphatic heterocycles. The number of halogens is 3. The Morgan fingerprint density at radius 1 is 1.24 bits per heavy atom. The van der Waals surface area contributed by atoms with Gasteiger partial charge in [0.2, 0.25) is 0 Å². The highest BCUT2D eigenvalue weighted by Gasteiger charge is 2.59. The number of pyridine rings is 1. The third kappa shape index (κ3) is 4.03. The Labute approximate surface area is 192 Å². The highest BCUT2D eigenvalue weighted by molar-refractivity contribution is 5.63. The molecule has 33 heavy (non-hydrogen) atoms. The molecule has 0 amide bonds. The van der Waals surface area contributed by atoms with Crippen LogP contribution in [0.1, 0.15) is 62.7 Å². The average molecular weight is 464 g/mol. The minimum atomic E-state index is -4.55. The first-order valence-electron chi connectivity index (χ1n) is 11.9. The van der Waals surface area contributed by atoms with Crippen LogP contribution in [0.15, 0.2) is 18.3 Å². The van der Waals surface area contributed by atoms with E-state index >= 15 is 0 Å². The summed E-state index contributed by atoms with van der Waals surface area (Å²) < 4.78 is 47.6. The van der Waals surface area contributed by atoms with Crippen molar-refractivity contribution in [1.29, 1.82) is 0 Å². The van der Waals surface area contributed by atoms with Crippen molar-refractivity contribution in [1.82, 2.24) is 19.7 Å². The highest BCUT2D eigenvalue weighted by Crippen LogP contribution is 2.64. The molecule has 0 aromatic carbocycles. The van der Waals surface area contributed by atoms with Gasteiger partial charge in [-0.05, 0) is 56.6 Å². The molecule has 0 spiro atoms. The molecule has 2 aromatic heterocycles. The third-order valence-electron chi connectivity index (χ3n) is 8.08. The molecule has 6 nitrogen and oxygen atoms in total. The van der Waals surface area contributed by atoms with E-state index in [-0.39, 0.29) is 6.04 Å². The van der Waals surface area contributed by atoms with E-state index in [1.54, 1.807) is 7.11 Å². The highest BCUT2D eigenvalue weighted by atomic mass is 19.4. The summed E-state index contributed by atoms with van der Waals surface area (Å²) in [4.78, 5) is 6.38. The fourth-order valence-corrected chi connectivity index (χ4v) is 5.99. The van der Waals surface area contributed by atoms with Crippen LogP contribution in [-0.2, 0) is 10.9 Å². The van der Waals surface area contributed by atoms with Gasteiger partial charge < -0.3 is 10.5 Å². The van der Waals surface area contributed by atoms with E-state index in [0.717, 1.165) is 37.7 Å². The summed E-state index contributed by atoms with van der Waals surface area (Å²) in [6, 6.07) is 3.84. The van der Waals surface area contributed by atoms with Crippen LogP contribution in [0, 0.1) is 11.8 Å². The van der Waals surface area contributed by atoms with Gasteiger partial charge in [-0.25, -0.2) is 4.98 Å². The number of nitrogen functional groups attached to an aromatic ring is 1. The number of rotatable bonds is 6. The van der Waals surface area contributed by atoms with Gasteiger partial charge in [-0.2, -0.15) is 18.3 Å². The largest absolute Gasteiger partial charge is 0.419 e. The molecular formula is C24H32F3N5O. The monoisotopic (exact) mass is 463 g/mol. The van der Waals surface area contributed by atoms with Crippen LogP contribution in [0.5, 0.6) is 0 Å². The van der Waals surface area contributed by atoms with Gasteiger partial charge >= 0.3 is 6.18 Å². The van der Waals surface area contributed by atoms with Crippen molar-refractivity contribution in [3.63, 3.8) is 0 Å². The van der Waals surface area contributed by atoms with Crippen LogP contribution in [0.2, 0.25) is 0 Å². The van der Waals surface area contributed by atoms with E-state index < -0.39 is 17.6 Å². The number of aromatic nitrogens is 3. The van der Waals surface area contributed by atoms with Crippen molar-refractivity contribution >= 4 is 5.82 Å². The van der Waals surface area contributed by atoms with E-state index in [9.17, 15) is 13.2 Å². The molecule has 9 heteroatoms. The van der Waals surface area contributed by atoms with E-state index in [2.05, 4.69) is 23.7 Å². The Balaban J connectivity index is 1.38. The molecule has 1 saturated heterocycles. The Hall–Kier alpha value is -2.13. The second-order valence-electron chi connectivity index (χ2n) is 9.93. The predicted octanol–water partition coefficient (Wildman–Crippen LogP) is 4.73. The summed E-state index contributed by atoms with van der Waals surface area (Å²) in [5.74, 6) is 1.17. The lowest BCUT2D eigenvalue weighted by Crippen LogP contribution is -2.33. The fourth-order valence-electron chi connectivity index (χ4n) is 5.99. The Kier molecular flexibility index (Phi) is 5.68. The van der Waals surface area contributed by atoms with Crippen molar-refractivity contribution in [2.45, 2.75) is 69.8 Å². The second-order valence-corrected chi connectivity index (χ2v) is 9.93. The molecule has 6 atom stereocenters. The zero-order valence-electron chi connectivity index (χ0n) is 19.3. The van der Waals surface area contributed by atoms with E-state index in [1.807, 2.05) is 10.7 Å². The van der Waals surface area contributed by atoms with Gasteiger partial charge in [0.25, 0.3) is 0 Å². The lowest BCUT2D eigenvalue weighted by atomic mass is 10.0. The summed E-state index contributed by atoms with van der Waals surface area (Å²) in [5, 5.41) is 4.75. The van der Waals surface area contributed by atoms with Gasteiger partial charge in [0.1, 0.15) is 5.82 Å². The summed E-state index contributed by atoms with van der Waals surface area (Å²) in [6.07, 6.45) is 1.55. The average Bonchev–Trinajstić information content (AvgIpc) is 3.26. The normalized spacial score (nSPS) is 30.5. The number of methoxy groups -OCH3 is 1. The van der Waals surface area contributed by atoms with Gasteiger partial charge in [-0.15, -0.1) is 0 Å². The maximum atomic E-state index is 13.4. The number of hydrogen-bond acceptors (Lipinski definition) is 5. The Morgan fingerprint density at radius 2 is 1.97 bits per heavy atom. The van der Waals surface area contributed by atoms with Gasteiger partial charge in [0, 0.05) is 55.7 Å². The Morgan fingerprint density at radius 3 is 2.58 bits per heavy atom. The molecule has 5 rings (SSSR count). The molecule has 0 bridgehead atoms. The third-order valence-corrected chi connectivity index (χ3v) is 8.08. The van der Waals surface area contributed by atoms with Crippen LogP contribution in [0.4, 0.5) is 19.0 Å². The number of anilines is 1. The SMILES string of the molecule is CCC(C)n1nc(-c2cnc(N)c(C(F)(F)F)c2)cc1[C@H]1[C@@H]2CC(N3CC[C@H](OC)C3)C[C@@H]21. The van der Waals surface area contributed by atoms with Gasteiger partial charge in [-0.1, -0.05) is 6.92 Å². The zero-order valence-corrected chi connectivity index (χ0v) is 19.3. The van der Waals surface area contributed by atoms with Crippen molar-refractivity contribution in [3.05, 3.63) is 29.6 Å². The van der Waals surface area contributed by atoms with Crippen molar-refractivity contribution in [2.24, 2.45) is 11.8 Å². The standard InChI is InChI=1S/C24H32F3N5O/c1-4-13(2)32-21(10-20(30-32)14-7-19(24(25,26)27)23(28)29-11-14)22-17-8-15(9-18(17)22)31-6-5-16(12-31)33-3/h7,10-11,13,15-18,22H,4-6,8-9,12H2,1-3H3,(H2,28,29)/t13?,15?,16-,17-,18+,22+/m0/s1. The maximum Gasteiger partial charge on any atom is 0.419 e. The number of fused-ring (bicyclic) bond motifs is 1. The van der Waals surface area contributed by atoms with Crippen molar-refractivity contribution < 1.29 is 17.9 Å². The quantitative estimate of drug-likeness (QED) is 0.671. The van der Waals surface area contributed by atoms with E-state index in [1.165, 1.54) is 19.0 Å². The van der Waals surface area contributed by atoms with Crippen molar-refractivity contribution in [3.8, 4) is 11.3 Å². The molecule has 3 heterocycles. The molecule has 2 aromatic rings. The van der Waals surface area contributed by atoms with Crippen LogP contribution in [0.3, 0.4) is 0 Å². The fraction of sp³-hybridized carbons (Fsp3) is 0.667. The van der Waals surface area contributed by atoms with Gasteiger partial charge in [0.15, 0.2) is 0 Å². The number of likely N-dealkylation sites (tertiary alicyclic amines) is 1. The van der Waals surface area contributed by atoms with Crippen LogP contribution >= 0.6 is 0 Å².